The number of carbonyl (C=O) groups excluding carboxylic acids is 4. The molecule has 1 aliphatic carbocycles. The highest BCUT2D eigenvalue weighted by Crippen LogP contribution is 2.39. The van der Waals surface area contributed by atoms with Crippen LogP contribution in [0.15, 0.2) is 54.9 Å². The van der Waals surface area contributed by atoms with Crippen LogP contribution in [0.25, 0.3) is 0 Å². The quantitative estimate of drug-likeness (QED) is 0.156. The predicted molar refractivity (Wildman–Crippen MR) is 189 cm³/mol. The molecule has 1 aromatic carbocycles. The van der Waals surface area contributed by atoms with Crippen molar-refractivity contribution in [2.75, 3.05) is 6.61 Å². The Bertz CT molecular complexity index is 1850. The summed E-state index contributed by atoms with van der Waals surface area (Å²) in [7, 11) is 0. The van der Waals surface area contributed by atoms with Crippen LogP contribution in [0.2, 0.25) is 0 Å². The van der Waals surface area contributed by atoms with Crippen molar-refractivity contribution in [1.29, 1.82) is 0 Å². The highest BCUT2D eigenvalue weighted by Gasteiger charge is 2.53. The number of aromatic nitrogens is 2. The van der Waals surface area contributed by atoms with Crippen molar-refractivity contribution < 1.29 is 71.0 Å². The van der Waals surface area contributed by atoms with Crippen molar-refractivity contribution in [2.24, 2.45) is 0 Å². The number of benzene rings is 1. The van der Waals surface area contributed by atoms with Gasteiger partial charge in [-0.25, -0.2) is 4.98 Å². The number of carbonyl (C=O) groups is 4. The predicted octanol–water partition coefficient (Wildman–Crippen LogP) is 4.68. The largest absolute Gasteiger partial charge is 0.487 e. The molecule has 5 rings (SSSR count). The maximum atomic E-state index is 13.3. The number of hydrogen-bond acceptors (Lipinski definition) is 15. The minimum Gasteiger partial charge on any atom is -0.487 e. The number of hydrogen-bond donors (Lipinski definition) is 1. The van der Waals surface area contributed by atoms with E-state index in [1.54, 1.807) is 44.3 Å². The monoisotopic (exact) mass is 786 g/mol. The van der Waals surface area contributed by atoms with Crippen LogP contribution >= 0.6 is 0 Å². The molecule has 17 heteroatoms. The molecule has 2 fully saturated rings. The average Bonchev–Trinajstić information content (AvgIpc) is 3.93. The van der Waals surface area contributed by atoms with Gasteiger partial charge in [0.1, 0.15) is 18.3 Å². The Morgan fingerprint density at radius 1 is 0.804 bits per heavy atom. The SMILES string of the molecule is CC(=O)OCC1O[C@@H](Oc2ccc(C[C@H](c3ccc(C(C)(C)O)nc3)c3ccc(OC(F)F)c(OC4CC4)c3)cn2)[C@H](OC(C)=O)C(OC(C)=O)[C@@H]1OC(C)=O. The third-order valence-electron chi connectivity index (χ3n) is 8.64. The highest BCUT2D eigenvalue weighted by molar-refractivity contribution is 5.68. The molecule has 0 radical (unpaired) electrons. The summed E-state index contributed by atoms with van der Waals surface area (Å²) in [6.45, 7) is 4.27. The summed E-state index contributed by atoms with van der Waals surface area (Å²) in [4.78, 5) is 57.1. The topological polar surface area (TPSA) is 188 Å². The summed E-state index contributed by atoms with van der Waals surface area (Å²) in [5.41, 5.74) is 1.41. The van der Waals surface area contributed by atoms with E-state index in [2.05, 4.69) is 9.97 Å². The zero-order valence-electron chi connectivity index (χ0n) is 31.6. The highest BCUT2D eigenvalue weighted by atomic mass is 19.3. The summed E-state index contributed by atoms with van der Waals surface area (Å²) >= 11 is 0. The molecule has 1 aliphatic heterocycles. The molecule has 0 spiro atoms. The van der Waals surface area contributed by atoms with Crippen molar-refractivity contribution >= 4 is 23.9 Å². The van der Waals surface area contributed by atoms with E-state index in [9.17, 15) is 33.1 Å². The Hall–Kier alpha value is -5.42. The van der Waals surface area contributed by atoms with Gasteiger partial charge in [-0.2, -0.15) is 8.78 Å². The Balaban J connectivity index is 1.45. The van der Waals surface area contributed by atoms with Gasteiger partial charge >= 0.3 is 30.5 Å². The Kier molecular flexibility index (Phi) is 13.4. The smallest absolute Gasteiger partial charge is 0.387 e. The molecule has 3 heterocycles. The summed E-state index contributed by atoms with van der Waals surface area (Å²) < 4.78 is 70.7. The van der Waals surface area contributed by atoms with Gasteiger partial charge in [-0.1, -0.05) is 18.2 Å². The molecule has 0 amide bonds. The zero-order valence-corrected chi connectivity index (χ0v) is 31.6. The first-order valence-electron chi connectivity index (χ1n) is 17.8. The molecule has 1 N–H and O–H groups in total. The first-order chi connectivity index (χ1) is 26.5. The average molecular weight is 787 g/mol. The number of halogens is 2. The summed E-state index contributed by atoms with van der Waals surface area (Å²) in [5.74, 6) is -3.33. The molecular formula is C39H44F2N2O13. The molecule has 3 aromatic rings. The molecule has 15 nitrogen and oxygen atoms in total. The van der Waals surface area contributed by atoms with Gasteiger partial charge < -0.3 is 43.0 Å². The van der Waals surface area contributed by atoms with E-state index in [-0.39, 0.29) is 23.5 Å². The van der Waals surface area contributed by atoms with Crippen molar-refractivity contribution in [3.63, 3.8) is 0 Å². The van der Waals surface area contributed by atoms with Gasteiger partial charge in [-0.3, -0.25) is 24.2 Å². The first-order valence-corrected chi connectivity index (χ1v) is 17.8. The third-order valence-corrected chi connectivity index (χ3v) is 8.64. The van der Waals surface area contributed by atoms with E-state index < -0.39 is 79.3 Å². The van der Waals surface area contributed by atoms with Crippen LogP contribution in [-0.2, 0) is 54.9 Å². The van der Waals surface area contributed by atoms with E-state index in [0.29, 0.717) is 23.2 Å². The molecule has 2 unspecified atom stereocenters. The van der Waals surface area contributed by atoms with Crippen molar-refractivity contribution in [3.05, 3.63) is 77.2 Å². The lowest BCUT2D eigenvalue weighted by atomic mass is 9.86. The fourth-order valence-electron chi connectivity index (χ4n) is 6.03. The number of nitrogens with zero attached hydrogens (tertiary/aromatic N) is 2. The lowest BCUT2D eigenvalue weighted by molar-refractivity contribution is -0.289. The molecule has 1 saturated heterocycles. The van der Waals surface area contributed by atoms with Gasteiger partial charge in [0, 0.05) is 52.1 Å². The number of aliphatic hydroxyl groups is 1. The number of alkyl halides is 2. The first kappa shape index (κ1) is 41.7. The van der Waals surface area contributed by atoms with Crippen molar-refractivity contribution in [3.8, 4) is 17.4 Å². The second-order valence-corrected chi connectivity index (χ2v) is 13.9. The lowest BCUT2D eigenvalue weighted by Gasteiger charge is -2.43. The molecular weight excluding hydrogens is 742 g/mol. The molecule has 1 saturated carbocycles. The van der Waals surface area contributed by atoms with Crippen LogP contribution in [0.4, 0.5) is 8.78 Å². The van der Waals surface area contributed by atoms with Crippen molar-refractivity contribution in [1.82, 2.24) is 9.97 Å². The summed E-state index contributed by atoms with van der Waals surface area (Å²) in [6, 6.07) is 11.5. The zero-order chi connectivity index (χ0) is 40.7. The Morgan fingerprint density at radius 2 is 1.46 bits per heavy atom. The Labute approximate surface area is 321 Å². The minimum absolute atomic E-state index is 0.00369. The van der Waals surface area contributed by atoms with Crippen LogP contribution in [0.3, 0.4) is 0 Å². The van der Waals surface area contributed by atoms with E-state index in [1.807, 2.05) is 6.07 Å². The summed E-state index contributed by atoms with van der Waals surface area (Å²) in [6.07, 6.45) is -1.96. The normalized spacial score (nSPS) is 21.4. The van der Waals surface area contributed by atoms with Crippen molar-refractivity contribution in [2.45, 2.75) is 116 Å². The fraction of sp³-hybridized carbons (Fsp3) is 0.487. The van der Waals surface area contributed by atoms with Gasteiger partial charge in [0.15, 0.2) is 23.7 Å². The molecule has 56 heavy (non-hydrogen) atoms. The van der Waals surface area contributed by atoms with E-state index in [4.69, 9.17) is 37.9 Å². The molecule has 6 atom stereocenters. The van der Waals surface area contributed by atoms with Gasteiger partial charge in [-0.05, 0) is 68.0 Å². The molecule has 2 aliphatic rings. The minimum atomic E-state index is -3.05. The number of esters is 4. The second kappa shape index (κ2) is 18.0. The molecule has 302 valence electrons. The molecule has 2 aromatic heterocycles. The number of pyridine rings is 2. The fourth-order valence-corrected chi connectivity index (χ4v) is 6.03. The van der Waals surface area contributed by atoms with Gasteiger partial charge in [0.2, 0.25) is 18.3 Å². The third kappa shape index (κ3) is 11.6. The van der Waals surface area contributed by atoms with Crippen LogP contribution < -0.4 is 14.2 Å². The van der Waals surface area contributed by atoms with Crippen LogP contribution in [0.5, 0.6) is 17.4 Å². The standard InChI is InChI=1S/C39H44F2N2O13/c1-20(44)49-19-31-34(50-21(2)45)35(51-22(3)46)36(52-23(4)47)37(54-31)56-33-14-7-24(17-43-33)15-28(26-9-13-32(42-18-26)39(5,6)48)25-8-12-29(55-38(40)41)30(16-25)53-27-10-11-27/h7-9,12-14,16-18,27-28,31,34-38,48H,10-11,15,19H2,1-6H3/t28-,31?,34+,35?,36+,37-/m0/s1. The van der Waals surface area contributed by atoms with E-state index in [0.717, 1.165) is 46.1 Å². The van der Waals surface area contributed by atoms with Crippen LogP contribution in [-0.4, -0.2) is 89.0 Å². The van der Waals surface area contributed by atoms with Gasteiger partial charge in [0.25, 0.3) is 0 Å². The number of ether oxygens (including phenoxy) is 8. The van der Waals surface area contributed by atoms with Gasteiger partial charge in [0.05, 0.1) is 11.8 Å². The van der Waals surface area contributed by atoms with E-state index >= 15 is 0 Å². The van der Waals surface area contributed by atoms with Crippen LogP contribution in [0.1, 0.15) is 82.7 Å². The summed E-state index contributed by atoms with van der Waals surface area (Å²) in [5, 5.41) is 10.5. The number of rotatable bonds is 16. The van der Waals surface area contributed by atoms with Gasteiger partial charge in [-0.15, -0.1) is 0 Å². The second-order valence-electron chi connectivity index (χ2n) is 13.9. The van der Waals surface area contributed by atoms with Crippen LogP contribution in [0, 0.1) is 0 Å². The van der Waals surface area contributed by atoms with E-state index in [1.165, 1.54) is 18.3 Å². The lowest BCUT2D eigenvalue weighted by Crippen LogP contribution is -2.63. The maximum absolute atomic E-state index is 13.3. The Morgan fingerprint density at radius 3 is 2.02 bits per heavy atom. The molecule has 0 bridgehead atoms. The maximum Gasteiger partial charge on any atom is 0.387 e.